The van der Waals surface area contributed by atoms with Gasteiger partial charge in [-0.15, -0.1) is 0 Å². The summed E-state index contributed by atoms with van der Waals surface area (Å²) in [4.78, 5) is 4.83. The van der Waals surface area contributed by atoms with E-state index in [1.807, 2.05) is 18.2 Å². The summed E-state index contributed by atoms with van der Waals surface area (Å²) in [6.07, 6.45) is 3.43. The van der Waals surface area contributed by atoms with Crippen molar-refractivity contribution in [1.29, 1.82) is 0 Å². The summed E-state index contributed by atoms with van der Waals surface area (Å²) in [5.41, 5.74) is 0.670. The molecule has 4 rings (SSSR count). The molecule has 1 aliphatic rings. The highest BCUT2D eigenvalue weighted by molar-refractivity contribution is 7.91. The average Bonchev–Trinajstić information content (AvgIpc) is 3.15. The van der Waals surface area contributed by atoms with Crippen molar-refractivity contribution in [2.45, 2.75) is 28.9 Å². The van der Waals surface area contributed by atoms with Crippen molar-refractivity contribution >= 4 is 20.7 Å². The highest BCUT2D eigenvalue weighted by Gasteiger charge is 2.20. The predicted octanol–water partition coefficient (Wildman–Crippen LogP) is 3.16. The van der Waals surface area contributed by atoms with Crippen LogP contribution in [0.2, 0.25) is 0 Å². The number of sulfone groups is 1. The van der Waals surface area contributed by atoms with Gasteiger partial charge in [-0.1, -0.05) is 30.3 Å². The maximum absolute atomic E-state index is 12.8. The van der Waals surface area contributed by atoms with E-state index in [0.717, 1.165) is 24.8 Å². The molecular formula is C19H18N2O3S. The number of benzene rings is 2. The summed E-state index contributed by atoms with van der Waals surface area (Å²) in [5.74, 6) is 0.667. The number of hydrogen-bond donors (Lipinski definition) is 1. The fourth-order valence-corrected chi connectivity index (χ4v) is 4.26. The van der Waals surface area contributed by atoms with Gasteiger partial charge in [0.05, 0.1) is 9.79 Å². The van der Waals surface area contributed by atoms with E-state index in [-0.39, 0.29) is 16.0 Å². The lowest BCUT2D eigenvalue weighted by atomic mass is 10.2. The van der Waals surface area contributed by atoms with Crippen LogP contribution in [0.15, 0.2) is 70.6 Å². The van der Waals surface area contributed by atoms with Gasteiger partial charge in [0.1, 0.15) is 17.5 Å². The zero-order valence-corrected chi connectivity index (χ0v) is 14.4. The molecule has 1 saturated heterocycles. The largest absolute Gasteiger partial charge is 0.473 e. The van der Waals surface area contributed by atoms with Crippen LogP contribution in [0.4, 0.5) is 0 Å². The van der Waals surface area contributed by atoms with Gasteiger partial charge < -0.3 is 4.74 Å². The number of nitrogens with zero attached hydrogens (tertiary/aromatic N) is 1. The third-order valence-electron chi connectivity index (χ3n) is 4.30. The van der Waals surface area contributed by atoms with Gasteiger partial charge in [-0.05, 0) is 43.7 Å². The minimum absolute atomic E-state index is 0.0138. The Morgan fingerprint density at radius 3 is 2.64 bits per heavy atom. The van der Waals surface area contributed by atoms with Crippen molar-refractivity contribution in [3.63, 3.8) is 0 Å². The number of aromatic nitrogens is 1. The third kappa shape index (κ3) is 3.10. The maximum Gasteiger partial charge on any atom is 0.208 e. The summed E-state index contributed by atoms with van der Waals surface area (Å²) in [5, 5.41) is 4.02. The lowest BCUT2D eigenvalue weighted by Crippen LogP contribution is -2.27. The summed E-state index contributed by atoms with van der Waals surface area (Å²) < 4.78 is 31.5. The van der Waals surface area contributed by atoms with E-state index in [2.05, 4.69) is 10.3 Å². The molecule has 1 fully saturated rings. The highest BCUT2D eigenvalue weighted by atomic mass is 32.2. The second-order valence-electron chi connectivity index (χ2n) is 6.02. The van der Waals surface area contributed by atoms with Crippen LogP contribution in [-0.2, 0) is 9.84 Å². The molecule has 0 radical (unpaired) electrons. The number of hydrogen-bond acceptors (Lipinski definition) is 5. The number of ether oxygens (including phenoxy) is 1. The van der Waals surface area contributed by atoms with Crippen molar-refractivity contribution < 1.29 is 13.2 Å². The van der Waals surface area contributed by atoms with Crippen molar-refractivity contribution in [2.24, 2.45) is 0 Å². The number of para-hydroxylation sites is 1. The van der Waals surface area contributed by atoms with Crippen LogP contribution in [0, 0.1) is 0 Å². The Morgan fingerprint density at radius 1 is 1.04 bits per heavy atom. The van der Waals surface area contributed by atoms with Gasteiger partial charge in [0.25, 0.3) is 0 Å². The fourth-order valence-electron chi connectivity index (χ4n) is 3.00. The van der Waals surface area contributed by atoms with Crippen molar-refractivity contribution in [2.75, 3.05) is 6.54 Å². The first kappa shape index (κ1) is 16.1. The molecule has 0 saturated carbocycles. The van der Waals surface area contributed by atoms with Gasteiger partial charge in [-0.2, -0.15) is 0 Å². The van der Waals surface area contributed by atoms with E-state index >= 15 is 0 Å². The molecule has 0 aliphatic carbocycles. The van der Waals surface area contributed by atoms with Crippen LogP contribution in [-0.4, -0.2) is 26.2 Å². The number of rotatable bonds is 4. The molecule has 1 N–H and O–H groups in total. The second kappa shape index (κ2) is 6.46. The quantitative estimate of drug-likeness (QED) is 0.779. The maximum atomic E-state index is 12.8. The molecular weight excluding hydrogens is 336 g/mol. The molecule has 25 heavy (non-hydrogen) atoms. The van der Waals surface area contributed by atoms with Gasteiger partial charge in [-0.3, -0.25) is 10.3 Å². The molecule has 0 amide bonds. The normalized spacial score (nSPS) is 17.7. The molecule has 0 spiro atoms. The topological polar surface area (TPSA) is 68.3 Å². The minimum atomic E-state index is -3.58. The van der Waals surface area contributed by atoms with E-state index in [4.69, 9.17) is 4.74 Å². The van der Waals surface area contributed by atoms with E-state index in [0.29, 0.717) is 11.3 Å². The Morgan fingerprint density at radius 2 is 1.88 bits per heavy atom. The van der Waals surface area contributed by atoms with Crippen molar-refractivity contribution in [3.8, 4) is 5.75 Å². The first-order valence-electron chi connectivity index (χ1n) is 8.23. The Bertz CT molecular complexity index is 998. The zero-order valence-electron chi connectivity index (χ0n) is 13.6. The number of fused-ring (bicyclic) bond motifs is 1. The van der Waals surface area contributed by atoms with Gasteiger partial charge in [0, 0.05) is 11.6 Å². The van der Waals surface area contributed by atoms with E-state index in [1.54, 1.807) is 36.4 Å². The smallest absolute Gasteiger partial charge is 0.208 e. The molecule has 1 aliphatic heterocycles. The molecule has 0 bridgehead atoms. The first-order valence-corrected chi connectivity index (χ1v) is 9.72. The highest BCUT2D eigenvalue weighted by Crippen LogP contribution is 2.29. The molecule has 2 heterocycles. The predicted molar refractivity (Wildman–Crippen MR) is 95.3 cm³/mol. The Kier molecular flexibility index (Phi) is 4.15. The summed E-state index contributed by atoms with van der Waals surface area (Å²) in [6.45, 7) is 0.947. The molecule has 1 aromatic heterocycles. The first-order chi connectivity index (χ1) is 12.1. The fraction of sp³-hybridized carbons (Fsp3) is 0.211. The lowest BCUT2D eigenvalue weighted by Gasteiger charge is -2.15. The monoisotopic (exact) mass is 354 g/mol. The minimum Gasteiger partial charge on any atom is -0.473 e. The third-order valence-corrected chi connectivity index (χ3v) is 6.03. The van der Waals surface area contributed by atoms with Crippen LogP contribution < -0.4 is 10.1 Å². The van der Waals surface area contributed by atoms with Gasteiger partial charge >= 0.3 is 0 Å². The van der Waals surface area contributed by atoms with Crippen LogP contribution in [0.5, 0.6) is 5.75 Å². The Labute approximate surface area is 146 Å². The Balaban J connectivity index is 1.74. The van der Waals surface area contributed by atoms with Crippen LogP contribution >= 0.6 is 0 Å². The van der Waals surface area contributed by atoms with Crippen molar-refractivity contribution in [1.82, 2.24) is 10.3 Å². The Hall–Kier alpha value is -2.44. The molecule has 1 atom stereocenters. The zero-order chi connectivity index (χ0) is 17.3. The summed E-state index contributed by atoms with van der Waals surface area (Å²) in [6, 6.07) is 15.6. The number of nitrogens with one attached hydrogen (secondary N) is 1. The van der Waals surface area contributed by atoms with E-state index < -0.39 is 9.84 Å². The van der Waals surface area contributed by atoms with Crippen LogP contribution in [0.25, 0.3) is 10.9 Å². The molecule has 0 unspecified atom stereocenters. The van der Waals surface area contributed by atoms with E-state index in [1.165, 1.54) is 6.20 Å². The van der Waals surface area contributed by atoms with Crippen LogP contribution in [0.3, 0.4) is 0 Å². The van der Waals surface area contributed by atoms with Gasteiger partial charge in [-0.25, -0.2) is 8.42 Å². The summed E-state index contributed by atoms with van der Waals surface area (Å²) in [7, 11) is -3.58. The molecule has 3 aromatic rings. The molecule has 2 aromatic carbocycles. The standard InChI is InChI=1S/C19H18N2O3S/c22-25(23,15-7-2-1-3-8-15)16-12-14-6-4-9-17(19(14)21-13-16)24-18-10-5-11-20-18/h1-4,6-9,12-13,18,20H,5,10-11H2/t18-/m0/s1. The van der Waals surface area contributed by atoms with Crippen molar-refractivity contribution in [3.05, 3.63) is 60.8 Å². The van der Waals surface area contributed by atoms with Gasteiger partial charge in [0.2, 0.25) is 9.84 Å². The average molecular weight is 354 g/mol. The molecule has 5 nitrogen and oxygen atoms in total. The SMILES string of the molecule is O=S(=O)(c1ccccc1)c1cnc2c(O[C@H]3CCCN3)cccc2c1. The lowest BCUT2D eigenvalue weighted by molar-refractivity contribution is 0.189. The molecule has 6 heteroatoms. The number of pyridine rings is 1. The second-order valence-corrected chi connectivity index (χ2v) is 7.97. The van der Waals surface area contributed by atoms with Gasteiger partial charge in [0.15, 0.2) is 0 Å². The summed E-state index contributed by atoms with van der Waals surface area (Å²) >= 11 is 0. The van der Waals surface area contributed by atoms with Crippen LogP contribution in [0.1, 0.15) is 12.8 Å². The van der Waals surface area contributed by atoms with E-state index in [9.17, 15) is 8.42 Å². The molecule has 128 valence electrons.